The molecule has 0 unspecified atom stereocenters. The van der Waals surface area contributed by atoms with Crippen molar-refractivity contribution in [2.24, 2.45) is 0 Å². The van der Waals surface area contributed by atoms with Gasteiger partial charge in [-0.25, -0.2) is 4.98 Å². The molecule has 1 saturated heterocycles. The zero-order valence-electron chi connectivity index (χ0n) is 17.6. The van der Waals surface area contributed by atoms with E-state index in [0.717, 1.165) is 42.7 Å². The van der Waals surface area contributed by atoms with E-state index in [1.165, 1.54) is 21.5 Å². The number of thiazole rings is 1. The summed E-state index contributed by atoms with van der Waals surface area (Å²) in [6, 6.07) is 14.1. The van der Waals surface area contributed by atoms with Crippen molar-refractivity contribution < 1.29 is 4.79 Å². The molecular weight excluding hydrogens is 462 g/mol. The summed E-state index contributed by atoms with van der Waals surface area (Å²) in [6.07, 6.45) is 3.56. The molecule has 9 heteroatoms. The summed E-state index contributed by atoms with van der Waals surface area (Å²) in [5.74, 6) is 0.900. The van der Waals surface area contributed by atoms with Crippen LogP contribution in [-0.4, -0.2) is 49.4 Å². The van der Waals surface area contributed by atoms with Gasteiger partial charge < -0.3 is 4.90 Å². The van der Waals surface area contributed by atoms with Gasteiger partial charge in [0.15, 0.2) is 5.16 Å². The molecule has 0 saturated carbocycles. The van der Waals surface area contributed by atoms with E-state index in [-0.39, 0.29) is 5.91 Å². The Balaban J connectivity index is 1.18. The van der Waals surface area contributed by atoms with Gasteiger partial charge in [-0.15, -0.1) is 21.5 Å². The molecule has 0 spiro atoms. The first-order chi connectivity index (χ1) is 15.6. The number of para-hydroxylation sites is 1. The molecule has 0 radical (unpaired) electrons. The van der Waals surface area contributed by atoms with Crippen molar-refractivity contribution in [3.05, 3.63) is 64.4 Å². The lowest BCUT2D eigenvalue weighted by molar-refractivity contribution is -0.129. The van der Waals surface area contributed by atoms with Crippen LogP contribution in [0.2, 0.25) is 5.02 Å². The summed E-state index contributed by atoms with van der Waals surface area (Å²) in [6.45, 7) is 3.49. The van der Waals surface area contributed by atoms with Gasteiger partial charge in [-0.2, -0.15) is 0 Å². The number of aryl methyl sites for hydroxylation is 1. The number of nitrogens with zero attached hydrogens (tertiary/aromatic N) is 5. The second-order valence-corrected chi connectivity index (χ2v) is 10.3. The SMILES string of the molecule is Cc1ccc(-n2cnnc2SCC(=O)N2CCC(c3nc4ccccc4s3)CC2)cc1Cl. The molecule has 0 atom stereocenters. The normalized spacial score (nSPS) is 14.9. The van der Waals surface area contributed by atoms with Gasteiger partial charge >= 0.3 is 0 Å². The number of rotatable bonds is 5. The van der Waals surface area contributed by atoms with Crippen molar-refractivity contribution in [1.29, 1.82) is 0 Å². The molecule has 32 heavy (non-hydrogen) atoms. The zero-order valence-corrected chi connectivity index (χ0v) is 20.0. The lowest BCUT2D eigenvalue weighted by atomic mass is 9.97. The molecule has 1 aliphatic heterocycles. The minimum Gasteiger partial charge on any atom is -0.342 e. The van der Waals surface area contributed by atoms with Crippen molar-refractivity contribution in [3.8, 4) is 5.69 Å². The van der Waals surface area contributed by atoms with Crippen molar-refractivity contribution >= 4 is 50.8 Å². The van der Waals surface area contributed by atoms with E-state index in [4.69, 9.17) is 16.6 Å². The Morgan fingerprint density at radius 2 is 2.03 bits per heavy atom. The smallest absolute Gasteiger partial charge is 0.233 e. The minimum absolute atomic E-state index is 0.134. The lowest BCUT2D eigenvalue weighted by Crippen LogP contribution is -2.39. The number of benzene rings is 2. The third kappa shape index (κ3) is 4.40. The van der Waals surface area contributed by atoms with Gasteiger partial charge in [0.05, 0.1) is 26.7 Å². The Morgan fingerprint density at radius 3 is 2.81 bits per heavy atom. The van der Waals surface area contributed by atoms with Gasteiger partial charge in [0.2, 0.25) is 5.91 Å². The second kappa shape index (κ2) is 9.21. The van der Waals surface area contributed by atoms with Crippen LogP contribution in [0.25, 0.3) is 15.9 Å². The zero-order chi connectivity index (χ0) is 22.1. The maximum absolute atomic E-state index is 12.8. The Labute approximate surface area is 199 Å². The molecule has 2 aromatic heterocycles. The second-order valence-electron chi connectivity index (χ2n) is 7.88. The summed E-state index contributed by atoms with van der Waals surface area (Å²) in [5, 5.41) is 10.8. The highest BCUT2D eigenvalue weighted by Crippen LogP contribution is 2.34. The number of carbonyl (C=O) groups excluding carboxylic acids is 1. The molecule has 2 aromatic carbocycles. The molecule has 164 valence electrons. The number of thioether (sulfide) groups is 1. The summed E-state index contributed by atoms with van der Waals surface area (Å²) >= 11 is 9.45. The molecule has 5 rings (SSSR count). The molecule has 1 fully saturated rings. The predicted molar refractivity (Wildman–Crippen MR) is 130 cm³/mol. The molecule has 1 amide bonds. The van der Waals surface area contributed by atoms with Gasteiger partial charge in [0.1, 0.15) is 6.33 Å². The van der Waals surface area contributed by atoms with Crippen LogP contribution >= 0.6 is 34.7 Å². The quantitative estimate of drug-likeness (QED) is 0.358. The van der Waals surface area contributed by atoms with Crippen LogP contribution < -0.4 is 0 Å². The number of carbonyl (C=O) groups is 1. The van der Waals surface area contributed by atoms with E-state index in [9.17, 15) is 4.79 Å². The van der Waals surface area contributed by atoms with Gasteiger partial charge in [-0.3, -0.25) is 9.36 Å². The number of amides is 1. The van der Waals surface area contributed by atoms with E-state index in [1.807, 2.05) is 40.7 Å². The summed E-state index contributed by atoms with van der Waals surface area (Å²) in [7, 11) is 0. The molecular formula is C23H22ClN5OS2. The number of halogens is 1. The van der Waals surface area contributed by atoms with Crippen molar-refractivity contribution in [2.45, 2.75) is 30.8 Å². The Bertz CT molecular complexity index is 1230. The standard InChI is InChI=1S/C23H22ClN5OS2/c1-15-6-7-17(12-18(15)24)29-14-25-27-23(29)31-13-21(30)28-10-8-16(9-11-28)22-26-19-4-2-3-5-20(19)32-22/h2-7,12,14,16H,8-11,13H2,1H3. The molecule has 3 heterocycles. The van der Waals surface area contributed by atoms with E-state index in [0.29, 0.717) is 21.8 Å². The Morgan fingerprint density at radius 1 is 1.22 bits per heavy atom. The highest BCUT2D eigenvalue weighted by atomic mass is 35.5. The third-order valence-electron chi connectivity index (χ3n) is 5.78. The predicted octanol–water partition coefficient (Wildman–Crippen LogP) is 5.34. The highest BCUT2D eigenvalue weighted by Gasteiger charge is 2.26. The van der Waals surface area contributed by atoms with Crippen LogP contribution in [0.3, 0.4) is 0 Å². The van der Waals surface area contributed by atoms with Crippen LogP contribution in [0.1, 0.15) is 29.3 Å². The first kappa shape index (κ1) is 21.4. The topological polar surface area (TPSA) is 63.9 Å². The first-order valence-electron chi connectivity index (χ1n) is 10.5. The molecule has 0 bridgehead atoms. The van der Waals surface area contributed by atoms with E-state index >= 15 is 0 Å². The van der Waals surface area contributed by atoms with Gasteiger partial charge in [0.25, 0.3) is 0 Å². The minimum atomic E-state index is 0.134. The first-order valence-corrected chi connectivity index (χ1v) is 12.7. The maximum Gasteiger partial charge on any atom is 0.233 e. The molecule has 4 aromatic rings. The third-order valence-corrected chi connectivity index (χ3v) is 8.32. The Kier molecular flexibility index (Phi) is 6.17. The van der Waals surface area contributed by atoms with Crippen LogP contribution in [-0.2, 0) is 4.79 Å². The van der Waals surface area contributed by atoms with E-state index in [1.54, 1.807) is 17.7 Å². The fourth-order valence-corrected chi connectivity index (χ4v) is 6.03. The van der Waals surface area contributed by atoms with Crippen molar-refractivity contribution in [2.75, 3.05) is 18.8 Å². The summed E-state index contributed by atoms with van der Waals surface area (Å²) in [4.78, 5) is 19.6. The average Bonchev–Trinajstić information content (AvgIpc) is 3.46. The van der Waals surface area contributed by atoms with Crippen LogP contribution in [0.15, 0.2) is 53.9 Å². The number of hydrogen-bond acceptors (Lipinski definition) is 6. The fraction of sp³-hybridized carbons (Fsp3) is 0.304. The lowest BCUT2D eigenvalue weighted by Gasteiger charge is -2.31. The van der Waals surface area contributed by atoms with Gasteiger partial charge in [-0.05, 0) is 49.6 Å². The number of fused-ring (bicyclic) bond motifs is 1. The molecule has 1 aliphatic rings. The Hall–Kier alpha value is -2.42. The molecule has 6 nitrogen and oxygen atoms in total. The monoisotopic (exact) mass is 483 g/mol. The number of hydrogen-bond donors (Lipinski definition) is 0. The van der Waals surface area contributed by atoms with Crippen LogP contribution in [0.4, 0.5) is 0 Å². The van der Waals surface area contributed by atoms with Crippen molar-refractivity contribution in [3.63, 3.8) is 0 Å². The summed E-state index contributed by atoms with van der Waals surface area (Å²) < 4.78 is 3.10. The number of aromatic nitrogens is 4. The molecule has 0 N–H and O–H groups in total. The van der Waals surface area contributed by atoms with E-state index < -0.39 is 0 Å². The van der Waals surface area contributed by atoms with Gasteiger partial charge in [-0.1, -0.05) is 41.6 Å². The maximum atomic E-state index is 12.8. The summed E-state index contributed by atoms with van der Waals surface area (Å²) in [5.41, 5.74) is 2.97. The van der Waals surface area contributed by atoms with Gasteiger partial charge in [0, 0.05) is 24.0 Å². The highest BCUT2D eigenvalue weighted by molar-refractivity contribution is 7.99. The average molecular weight is 484 g/mol. The van der Waals surface area contributed by atoms with Crippen molar-refractivity contribution in [1.82, 2.24) is 24.6 Å². The van der Waals surface area contributed by atoms with Crippen LogP contribution in [0.5, 0.6) is 0 Å². The largest absolute Gasteiger partial charge is 0.342 e. The number of piperidine rings is 1. The fourth-order valence-electron chi connectivity index (χ4n) is 3.89. The van der Waals surface area contributed by atoms with Crippen LogP contribution in [0, 0.1) is 6.92 Å². The molecule has 0 aliphatic carbocycles. The number of likely N-dealkylation sites (tertiary alicyclic amines) is 1. The van der Waals surface area contributed by atoms with E-state index in [2.05, 4.69) is 28.4 Å².